The van der Waals surface area contributed by atoms with Crippen molar-refractivity contribution in [1.29, 1.82) is 0 Å². The number of nitrogens with zero attached hydrogens (tertiary/aromatic N) is 3. The minimum Gasteiger partial charge on any atom is -0.520 e. The van der Waals surface area contributed by atoms with Crippen molar-refractivity contribution in [2.45, 2.75) is 32.7 Å². The molecule has 0 aliphatic rings. The molecule has 0 unspecified atom stereocenters. The first kappa shape index (κ1) is 12.1. The van der Waals surface area contributed by atoms with Crippen molar-refractivity contribution < 1.29 is 4.43 Å². The quantitative estimate of drug-likeness (QED) is 0.811. The van der Waals surface area contributed by atoms with Gasteiger partial charge in [0, 0.05) is 0 Å². The normalized spacial score (nSPS) is 11.6. The van der Waals surface area contributed by atoms with Crippen LogP contribution in [0.1, 0.15) is 0 Å². The van der Waals surface area contributed by atoms with Crippen LogP contribution in [0.15, 0.2) is 6.33 Å². The van der Waals surface area contributed by atoms with Crippen molar-refractivity contribution in [3.63, 3.8) is 0 Å². The van der Waals surface area contributed by atoms with E-state index in [1.165, 1.54) is 6.33 Å². The molecule has 1 aromatic heterocycles. The van der Waals surface area contributed by atoms with E-state index in [2.05, 4.69) is 52.7 Å². The van der Waals surface area contributed by atoms with Gasteiger partial charge in [0.05, 0.1) is 0 Å². The largest absolute Gasteiger partial charge is 0.520 e. The van der Waals surface area contributed by atoms with Crippen LogP contribution in [0.25, 0.3) is 0 Å². The maximum atomic E-state index is 5.52. The zero-order valence-corrected chi connectivity index (χ0v) is 12.1. The van der Waals surface area contributed by atoms with Crippen LogP contribution in [-0.4, -0.2) is 32.2 Å². The lowest BCUT2D eigenvalue weighted by Crippen LogP contribution is -2.33. The van der Waals surface area contributed by atoms with Gasteiger partial charge in [-0.15, -0.1) is 0 Å². The summed E-state index contributed by atoms with van der Waals surface area (Å²) < 4.78 is 5.52. The molecule has 0 aliphatic heterocycles. The second-order valence-corrected chi connectivity index (χ2v) is 11.7. The molecule has 0 fully saturated rings. The molecule has 7 heteroatoms. The van der Waals surface area contributed by atoms with Crippen molar-refractivity contribution in [1.82, 2.24) is 15.0 Å². The van der Waals surface area contributed by atoms with Crippen LogP contribution in [-0.2, 0) is 0 Å². The summed E-state index contributed by atoms with van der Waals surface area (Å²) in [6.45, 7) is 10.7. The van der Waals surface area contributed by atoms with E-state index in [0.717, 1.165) is 0 Å². The zero-order valence-electron chi connectivity index (χ0n) is 9.90. The van der Waals surface area contributed by atoms with E-state index >= 15 is 0 Å². The Morgan fingerprint density at radius 2 is 1.93 bits per heavy atom. The van der Waals surface area contributed by atoms with Gasteiger partial charge < -0.3 is 9.41 Å². The number of hydrogen-bond acceptors (Lipinski definition) is 5. The number of hydrogen-bond donors (Lipinski definition) is 1. The van der Waals surface area contributed by atoms with Gasteiger partial charge in [-0.3, -0.25) is 0 Å². The monoisotopic (exact) mass is 242 g/mol. The Labute approximate surface area is 93.1 Å². The molecule has 0 aliphatic carbocycles. The second kappa shape index (κ2) is 4.71. The Balaban J connectivity index is 2.74. The average molecular weight is 242 g/mol. The van der Waals surface area contributed by atoms with Gasteiger partial charge in [-0.25, -0.2) is 4.98 Å². The van der Waals surface area contributed by atoms with Gasteiger partial charge in [-0.1, -0.05) is 19.6 Å². The van der Waals surface area contributed by atoms with Crippen molar-refractivity contribution in [2.24, 2.45) is 0 Å². The molecule has 0 aromatic carbocycles. The maximum Gasteiger partial charge on any atom is 0.307 e. The predicted octanol–water partition coefficient (Wildman–Crippen LogP) is 1.48. The minimum absolute atomic E-state index is 0.437. The third-order valence-corrected chi connectivity index (χ3v) is 3.03. The Bertz CT molecular complexity index is 327. The lowest BCUT2D eigenvalue weighted by molar-refractivity contribution is 0.526. The van der Waals surface area contributed by atoms with E-state index in [4.69, 9.17) is 4.43 Å². The fourth-order valence-corrected chi connectivity index (χ4v) is 2.27. The maximum absolute atomic E-state index is 5.52. The van der Waals surface area contributed by atoms with Crippen LogP contribution in [0, 0.1) is 0 Å². The Morgan fingerprint density at radius 3 is 2.47 bits per heavy atom. The molecule has 15 heavy (non-hydrogen) atoms. The van der Waals surface area contributed by atoms with E-state index in [-0.39, 0.29) is 0 Å². The molecule has 0 atom stereocenters. The van der Waals surface area contributed by atoms with E-state index in [9.17, 15) is 0 Å². The lowest BCUT2D eigenvalue weighted by atomic mass is 10.9. The molecule has 1 aromatic rings. The van der Waals surface area contributed by atoms with Crippen LogP contribution in [0.4, 0.5) is 5.95 Å². The summed E-state index contributed by atoms with van der Waals surface area (Å²) in [5.41, 5.74) is 0. The highest BCUT2D eigenvalue weighted by molar-refractivity contribution is 6.79. The van der Waals surface area contributed by atoms with Gasteiger partial charge in [0.25, 0.3) is 0 Å². The van der Waals surface area contributed by atoms with Crippen LogP contribution < -0.4 is 9.41 Å². The van der Waals surface area contributed by atoms with Gasteiger partial charge in [-0.05, 0) is 13.1 Å². The summed E-state index contributed by atoms with van der Waals surface area (Å²) in [6, 6.07) is 0.437. The predicted molar refractivity (Wildman–Crippen MR) is 66.3 cm³/mol. The summed E-state index contributed by atoms with van der Waals surface area (Å²) in [4.78, 5) is 15.6. The standard InChI is InChI=1S/C8H18N4OSi2/c1-14(2)13-8-10-6-9-7(11-8)12-15(3,4)5/h6,14H,1-5H3,(H,9,10,11,12). The van der Waals surface area contributed by atoms with E-state index < -0.39 is 17.3 Å². The molecule has 0 saturated heterocycles. The molecule has 1 heterocycles. The number of anilines is 1. The highest BCUT2D eigenvalue weighted by atomic mass is 28.3. The first-order valence-corrected chi connectivity index (χ1v) is 11.3. The molecular weight excluding hydrogens is 224 g/mol. The number of aromatic nitrogens is 3. The molecule has 5 nitrogen and oxygen atoms in total. The van der Waals surface area contributed by atoms with Gasteiger partial charge in [0.15, 0.2) is 0 Å². The van der Waals surface area contributed by atoms with Crippen LogP contribution in [0.5, 0.6) is 6.01 Å². The summed E-state index contributed by atoms with van der Waals surface area (Å²) >= 11 is 0. The van der Waals surface area contributed by atoms with E-state index in [0.29, 0.717) is 12.0 Å². The van der Waals surface area contributed by atoms with Gasteiger partial charge in [0.1, 0.15) is 14.6 Å². The molecule has 0 saturated carbocycles. The van der Waals surface area contributed by atoms with Crippen molar-refractivity contribution in [3.05, 3.63) is 6.33 Å². The van der Waals surface area contributed by atoms with Crippen molar-refractivity contribution in [3.8, 4) is 6.01 Å². The Hall–Kier alpha value is -0.956. The van der Waals surface area contributed by atoms with Crippen LogP contribution >= 0.6 is 0 Å². The third-order valence-electron chi connectivity index (χ3n) is 1.38. The molecule has 84 valence electrons. The van der Waals surface area contributed by atoms with Gasteiger partial charge in [0.2, 0.25) is 15.0 Å². The number of nitrogens with one attached hydrogen (secondary N) is 1. The van der Waals surface area contributed by atoms with E-state index in [1.54, 1.807) is 0 Å². The molecule has 0 bridgehead atoms. The van der Waals surface area contributed by atoms with Crippen LogP contribution in [0.2, 0.25) is 32.7 Å². The molecule has 0 radical (unpaired) electrons. The highest BCUT2D eigenvalue weighted by Crippen LogP contribution is 2.09. The van der Waals surface area contributed by atoms with Crippen LogP contribution in [0.3, 0.4) is 0 Å². The molecule has 0 amide bonds. The average Bonchev–Trinajstić information content (AvgIpc) is 1.99. The zero-order chi connectivity index (χ0) is 11.5. The van der Waals surface area contributed by atoms with Gasteiger partial charge >= 0.3 is 6.01 Å². The smallest absolute Gasteiger partial charge is 0.307 e. The fraction of sp³-hybridized carbons (Fsp3) is 0.625. The summed E-state index contributed by atoms with van der Waals surface area (Å²) in [7, 11) is -2.55. The molecule has 1 rings (SSSR count). The summed E-state index contributed by atoms with van der Waals surface area (Å²) in [5, 5.41) is 0. The van der Waals surface area contributed by atoms with E-state index in [1.807, 2.05) is 0 Å². The lowest BCUT2D eigenvalue weighted by Gasteiger charge is -2.17. The van der Waals surface area contributed by atoms with Crippen molar-refractivity contribution >= 4 is 23.2 Å². The number of rotatable bonds is 4. The topological polar surface area (TPSA) is 59.9 Å². The molecular formula is C8H18N4OSi2. The second-order valence-electron chi connectivity index (χ2n) is 4.63. The third kappa shape index (κ3) is 4.89. The summed E-state index contributed by atoms with van der Waals surface area (Å²) in [6.07, 6.45) is 1.49. The summed E-state index contributed by atoms with van der Waals surface area (Å²) in [5.74, 6) is 0.619. The van der Waals surface area contributed by atoms with Crippen molar-refractivity contribution in [2.75, 3.05) is 4.98 Å². The molecule has 1 N–H and O–H groups in total. The Kier molecular flexibility index (Phi) is 3.80. The highest BCUT2D eigenvalue weighted by Gasteiger charge is 2.15. The minimum atomic E-state index is -1.41. The first-order valence-electron chi connectivity index (χ1n) is 5.01. The Morgan fingerprint density at radius 1 is 1.27 bits per heavy atom. The first-order chi connectivity index (χ1) is 6.87. The van der Waals surface area contributed by atoms with Gasteiger partial charge in [-0.2, -0.15) is 9.97 Å². The molecule has 0 spiro atoms. The SMILES string of the molecule is C[SiH](C)Oc1ncnc(N[Si](C)(C)C)n1. The fourth-order valence-electron chi connectivity index (χ4n) is 0.945.